The van der Waals surface area contributed by atoms with Gasteiger partial charge in [-0.3, -0.25) is 4.79 Å². The summed E-state index contributed by atoms with van der Waals surface area (Å²) >= 11 is 0. The molecule has 1 saturated heterocycles. The summed E-state index contributed by atoms with van der Waals surface area (Å²) < 4.78 is 16.8. The molecule has 2 aliphatic rings. The topological polar surface area (TPSA) is 65.1 Å². The Balaban J connectivity index is 1.78. The first-order valence-corrected chi connectivity index (χ1v) is 8.10. The van der Waals surface area contributed by atoms with Crippen LogP contribution in [0.2, 0.25) is 0 Å². The molecule has 0 aliphatic carbocycles. The Morgan fingerprint density at radius 3 is 2.75 bits per heavy atom. The Kier molecular flexibility index (Phi) is 3.94. The zero-order valence-electron chi connectivity index (χ0n) is 14.5. The van der Waals surface area contributed by atoms with E-state index in [1.54, 1.807) is 30.2 Å². The van der Waals surface area contributed by atoms with Gasteiger partial charge in [0.1, 0.15) is 22.7 Å². The van der Waals surface area contributed by atoms with E-state index in [1.165, 1.54) is 0 Å². The molecule has 3 rings (SSSR count). The van der Waals surface area contributed by atoms with Gasteiger partial charge in [0.2, 0.25) is 0 Å². The quantitative estimate of drug-likeness (QED) is 0.790. The molecule has 130 valence electrons. The molecule has 2 aliphatic heterocycles. The molecular weight excluding hydrogens is 310 g/mol. The van der Waals surface area contributed by atoms with Crippen molar-refractivity contribution < 1.29 is 23.8 Å². The first kappa shape index (κ1) is 16.6. The first-order valence-electron chi connectivity index (χ1n) is 8.10. The number of nitrogens with zero attached hydrogens (tertiary/aromatic N) is 1. The molecule has 0 radical (unpaired) electrons. The van der Waals surface area contributed by atoms with Crippen molar-refractivity contribution >= 4 is 11.9 Å². The fourth-order valence-electron chi connectivity index (χ4n) is 3.16. The van der Waals surface area contributed by atoms with Crippen LogP contribution < -0.4 is 9.47 Å². The van der Waals surface area contributed by atoms with Crippen molar-refractivity contribution in [2.75, 3.05) is 20.2 Å². The number of rotatable bonds is 1. The second-order valence-electron chi connectivity index (χ2n) is 7.40. The molecule has 6 nitrogen and oxygen atoms in total. The lowest BCUT2D eigenvalue weighted by Crippen LogP contribution is -2.46. The summed E-state index contributed by atoms with van der Waals surface area (Å²) in [5.74, 6) is 1.20. The van der Waals surface area contributed by atoms with Crippen molar-refractivity contribution in [3.63, 3.8) is 0 Å². The molecule has 1 amide bonds. The lowest BCUT2D eigenvalue weighted by molar-refractivity contribution is 0.0171. The van der Waals surface area contributed by atoms with Crippen LogP contribution in [-0.4, -0.2) is 48.2 Å². The number of hydrogen-bond donors (Lipinski definition) is 0. The second kappa shape index (κ2) is 5.69. The Morgan fingerprint density at radius 2 is 2.08 bits per heavy atom. The van der Waals surface area contributed by atoms with Crippen LogP contribution in [0.5, 0.6) is 11.5 Å². The second-order valence-corrected chi connectivity index (χ2v) is 7.40. The minimum atomic E-state index is -0.673. The highest BCUT2D eigenvalue weighted by Gasteiger charge is 2.47. The van der Waals surface area contributed by atoms with Crippen molar-refractivity contribution in [2.45, 2.75) is 44.8 Å². The van der Waals surface area contributed by atoms with E-state index in [0.717, 1.165) is 0 Å². The van der Waals surface area contributed by atoms with E-state index in [1.807, 2.05) is 20.8 Å². The van der Waals surface area contributed by atoms with Gasteiger partial charge in [0.05, 0.1) is 25.6 Å². The highest BCUT2D eigenvalue weighted by atomic mass is 16.6. The van der Waals surface area contributed by atoms with Gasteiger partial charge in [-0.1, -0.05) is 0 Å². The van der Waals surface area contributed by atoms with Crippen molar-refractivity contribution in [1.82, 2.24) is 4.90 Å². The number of amides is 1. The minimum absolute atomic E-state index is 0.0324. The largest absolute Gasteiger partial charge is 0.497 e. The Hall–Kier alpha value is -2.24. The summed E-state index contributed by atoms with van der Waals surface area (Å²) in [5.41, 5.74) is -0.652. The molecule has 0 saturated carbocycles. The third kappa shape index (κ3) is 3.18. The van der Waals surface area contributed by atoms with E-state index < -0.39 is 11.2 Å². The Morgan fingerprint density at radius 1 is 1.33 bits per heavy atom. The van der Waals surface area contributed by atoms with Crippen molar-refractivity contribution in [3.05, 3.63) is 23.8 Å². The number of methoxy groups -OCH3 is 1. The molecule has 0 N–H and O–H groups in total. The van der Waals surface area contributed by atoms with E-state index in [4.69, 9.17) is 14.2 Å². The minimum Gasteiger partial charge on any atom is -0.497 e. The highest BCUT2D eigenvalue weighted by Crippen LogP contribution is 2.40. The third-order valence-electron chi connectivity index (χ3n) is 4.27. The lowest BCUT2D eigenvalue weighted by Gasteiger charge is -2.35. The normalized spacial score (nSPS) is 23.0. The van der Waals surface area contributed by atoms with Gasteiger partial charge >= 0.3 is 6.09 Å². The van der Waals surface area contributed by atoms with E-state index in [-0.39, 0.29) is 18.3 Å². The summed E-state index contributed by atoms with van der Waals surface area (Å²) in [5, 5.41) is 0. The maximum Gasteiger partial charge on any atom is 0.410 e. The average Bonchev–Trinajstić information content (AvgIpc) is 2.88. The van der Waals surface area contributed by atoms with E-state index >= 15 is 0 Å². The average molecular weight is 333 g/mol. The van der Waals surface area contributed by atoms with Gasteiger partial charge in [-0.2, -0.15) is 0 Å². The predicted molar refractivity (Wildman–Crippen MR) is 87.7 cm³/mol. The summed E-state index contributed by atoms with van der Waals surface area (Å²) in [6, 6.07) is 5.20. The fraction of sp³-hybridized carbons (Fsp3) is 0.556. The van der Waals surface area contributed by atoms with Crippen LogP contribution in [0.1, 0.15) is 44.0 Å². The maximum atomic E-state index is 12.5. The van der Waals surface area contributed by atoms with Gasteiger partial charge < -0.3 is 19.1 Å². The van der Waals surface area contributed by atoms with Gasteiger partial charge in [0, 0.05) is 19.0 Å². The van der Waals surface area contributed by atoms with Crippen molar-refractivity contribution in [1.29, 1.82) is 0 Å². The molecule has 0 bridgehead atoms. The molecular formula is C18H23NO5. The van der Waals surface area contributed by atoms with Gasteiger partial charge in [0.25, 0.3) is 0 Å². The fourth-order valence-corrected chi connectivity index (χ4v) is 3.16. The van der Waals surface area contributed by atoms with Crippen LogP contribution in [0.25, 0.3) is 0 Å². The van der Waals surface area contributed by atoms with E-state index in [9.17, 15) is 9.59 Å². The molecule has 24 heavy (non-hydrogen) atoms. The molecule has 1 aromatic rings. The first-order chi connectivity index (χ1) is 11.2. The van der Waals surface area contributed by atoms with Crippen LogP contribution in [0, 0.1) is 0 Å². The molecule has 1 fully saturated rings. The summed E-state index contributed by atoms with van der Waals surface area (Å²) in [6.07, 6.45) is 0.507. The molecule has 2 heterocycles. The molecule has 1 spiro atoms. The molecule has 1 aromatic carbocycles. The van der Waals surface area contributed by atoms with Gasteiger partial charge in [0.15, 0.2) is 5.78 Å². The Labute approximate surface area is 141 Å². The smallest absolute Gasteiger partial charge is 0.410 e. The van der Waals surface area contributed by atoms with Crippen LogP contribution in [-0.2, 0) is 4.74 Å². The van der Waals surface area contributed by atoms with Crippen LogP contribution >= 0.6 is 0 Å². The number of hydrogen-bond acceptors (Lipinski definition) is 5. The standard InChI is InChI=1S/C18H23NO5/c1-17(2,3)24-16(21)19-8-7-18(11-19)10-14(20)13-6-5-12(22-4)9-15(13)23-18/h5-6,9H,7-8,10-11H2,1-4H3. The zero-order chi connectivity index (χ0) is 17.5. The summed E-state index contributed by atoms with van der Waals surface area (Å²) in [7, 11) is 1.57. The third-order valence-corrected chi connectivity index (χ3v) is 4.27. The van der Waals surface area contributed by atoms with Gasteiger partial charge in [-0.05, 0) is 32.9 Å². The molecule has 0 aromatic heterocycles. The number of Topliss-reactive ketones (excluding diaryl/α,β-unsaturated/α-hetero) is 1. The number of fused-ring (bicyclic) bond motifs is 1. The van der Waals surface area contributed by atoms with E-state index in [2.05, 4.69) is 0 Å². The number of carbonyl (C=O) groups excluding carboxylic acids is 2. The Bertz CT molecular complexity index is 678. The number of carbonyl (C=O) groups is 2. The number of likely N-dealkylation sites (tertiary alicyclic amines) is 1. The van der Waals surface area contributed by atoms with Crippen LogP contribution in [0.4, 0.5) is 4.79 Å². The number of ketones is 1. The van der Waals surface area contributed by atoms with Gasteiger partial charge in [-0.25, -0.2) is 4.79 Å². The van der Waals surface area contributed by atoms with Gasteiger partial charge in [-0.15, -0.1) is 0 Å². The maximum absolute atomic E-state index is 12.5. The monoisotopic (exact) mass is 333 g/mol. The van der Waals surface area contributed by atoms with Crippen LogP contribution in [0.3, 0.4) is 0 Å². The van der Waals surface area contributed by atoms with Crippen molar-refractivity contribution in [3.8, 4) is 11.5 Å². The summed E-state index contributed by atoms with van der Waals surface area (Å²) in [6.45, 7) is 6.37. The van der Waals surface area contributed by atoms with Crippen molar-refractivity contribution in [2.24, 2.45) is 0 Å². The zero-order valence-corrected chi connectivity index (χ0v) is 14.5. The molecule has 1 unspecified atom stereocenters. The predicted octanol–water partition coefficient (Wildman–Crippen LogP) is 3.04. The number of benzene rings is 1. The number of ether oxygens (including phenoxy) is 3. The molecule has 6 heteroatoms. The summed E-state index contributed by atoms with van der Waals surface area (Å²) in [4.78, 5) is 26.4. The van der Waals surface area contributed by atoms with Crippen LogP contribution in [0.15, 0.2) is 18.2 Å². The lowest BCUT2D eigenvalue weighted by atomic mass is 9.89. The van der Waals surface area contributed by atoms with E-state index in [0.29, 0.717) is 36.6 Å². The highest BCUT2D eigenvalue weighted by molar-refractivity contribution is 6.00. The SMILES string of the molecule is COc1ccc2c(c1)OC1(CCN(C(=O)OC(C)(C)C)C1)CC2=O. The molecule has 1 atom stereocenters.